The van der Waals surface area contributed by atoms with Crippen LogP contribution in [0.2, 0.25) is 0 Å². The van der Waals surface area contributed by atoms with Gasteiger partial charge in [0.25, 0.3) is 0 Å². The molecule has 0 spiro atoms. The summed E-state index contributed by atoms with van der Waals surface area (Å²) in [5, 5.41) is 6.73. The summed E-state index contributed by atoms with van der Waals surface area (Å²) in [6.45, 7) is 6.22. The van der Waals surface area contributed by atoms with Crippen molar-refractivity contribution in [2.24, 2.45) is 4.99 Å². The molecule has 0 unspecified atom stereocenters. The van der Waals surface area contributed by atoms with Crippen molar-refractivity contribution in [2.45, 2.75) is 32.4 Å². The fourth-order valence-electron chi connectivity index (χ4n) is 2.36. The minimum Gasteiger partial charge on any atom is -0.355 e. The lowest BCUT2D eigenvalue weighted by Gasteiger charge is -2.20. The van der Waals surface area contributed by atoms with E-state index in [1.165, 1.54) is 18.4 Å². The van der Waals surface area contributed by atoms with Gasteiger partial charge in [0.05, 0.1) is 0 Å². The smallest absolute Gasteiger partial charge is 0.191 e. The lowest BCUT2D eigenvalue weighted by atomic mass is 10.2. The van der Waals surface area contributed by atoms with Gasteiger partial charge in [0.15, 0.2) is 5.96 Å². The van der Waals surface area contributed by atoms with Crippen LogP contribution < -0.4 is 10.6 Å². The summed E-state index contributed by atoms with van der Waals surface area (Å²) in [6.07, 6.45) is 2.74. The molecule has 0 bridgehead atoms. The van der Waals surface area contributed by atoms with Crippen LogP contribution in [-0.4, -0.2) is 43.6 Å². The van der Waals surface area contributed by atoms with Gasteiger partial charge in [-0.1, -0.05) is 37.3 Å². The number of rotatable bonds is 7. The van der Waals surface area contributed by atoms with Crippen LogP contribution in [0.4, 0.5) is 0 Å². The zero-order valence-corrected chi connectivity index (χ0v) is 15.3. The number of halogens is 1. The number of benzene rings is 1. The second-order valence-electron chi connectivity index (χ2n) is 5.20. The largest absolute Gasteiger partial charge is 0.355 e. The molecule has 0 amide bonds. The van der Waals surface area contributed by atoms with Gasteiger partial charge in [0, 0.05) is 32.7 Å². The highest BCUT2D eigenvalue weighted by atomic mass is 127. The van der Waals surface area contributed by atoms with Crippen LogP contribution in [-0.2, 0) is 6.54 Å². The van der Waals surface area contributed by atoms with Gasteiger partial charge in [-0.15, -0.1) is 24.0 Å². The number of nitrogens with zero attached hydrogens (tertiary/aromatic N) is 2. The monoisotopic (exact) mass is 402 g/mol. The van der Waals surface area contributed by atoms with Crippen molar-refractivity contribution in [3.8, 4) is 0 Å². The Hall–Kier alpha value is -0.820. The van der Waals surface area contributed by atoms with Gasteiger partial charge in [0.2, 0.25) is 0 Å². The summed E-state index contributed by atoms with van der Waals surface area (Å²) in [5.41, 5.74) is 1.27. The first-order valence-corrected chi connectivity index (χ1v) is 7.56. The summed E-state index contributed by atoms with van der Waals surface area (Å²) in [6, 6.07) is 11.2. The van der Waals surface area contributed by atoms with E-state index in [2.05, 4.69) is 51.7 Å². The van der Waals surface area contributed by atoms with Gasteiger partial charge in [-0.05, 0) is 24.9 Å². The first-order valence-electron chi connectivity index (χ1n) is 7.56. The van der Waals surface area contributed by atoms with E-state index in [-0.39, 0.29) is 24.0 Å². The number of likely N-dealkylation sites (N-methyl/N-ethyl adjacent to an activating group) is 1. The molecular formula is C16H27IN4. The van der Waals surface area contributed by atoms with Crippen molar-refractivity contribution in [1.29, 1.82) is 0 Å². The lowest BCUT2D eigenvalue weighted by Crippen LogP contribution is -2.41. The third-order valence-electron chi connectivity index (χ3n) is 3.69. The molecule has 118 valence electrons. The highest BCUT2D eigenvalue weighted by molar-refractivity contribution is 14.0. The first-order chi connectivity index (χ1) is 9.83. The third kappa shape index (κ3) is 6.65. The van der Waals surface area contributed by atoms with E-state index >= 15 is 0 Å². The maximum atomic E-state index is 4.26. The molecule has 2 N–H and O–H groups in total. The number of guanidine groups is 1. The first kappa shape index (κ1) is 18.2. The standard InChI is InChI=1S/C16H26N4.HI/c1-3-20(15-9-10-15)12-11-18-16(17-2)19-13-14-7-5-4-6-8-14;/h4-8,15H,3,9-13H2,1-2H3,(H2,17,18,19);1H. The van der Waals surface area contributed by atoms with Gasteiger partial charge < -0.3 is 10.6 Å². The molecule has 0 aromatic heterocycles. The Morgan fingerprint density at radius 2 is 1.95 bits per heavy atom. The van der Waals surface area contributed by atoms with Crippen molar-refractivity contribution in [3.05, 3.63) is 35.9 Å². The minimum atomic E-state index is 0. The van der Waals surface area contributed by atoms with E-state index in [9.17, 15) is 0 Å². The summed E-state index contributed by atoms with van der Waals surface area (Å²) in [7, 11) is 1.82. The Kier molecular flexibility index (Phi) is 8.68. The van der Waals surface area contributed by atoms with Crippen molar-refractivity contribution < 1.29 is 0 Å². The van der Waals surface area contributed by atoms with Crippen LogP contribution in [0.15, 0.2) is 35.3 Å². The van der Waals surface area contributed by atoms with E-state index in [1.54, 1.807) is 0 Å². The molecule has 4 nitrogen and oxygen atoms in total. The average Bonchev–Trinajstić information content (AvgIpc) is 3.32. The number of hydrogen-bond acceptors (Lipinski definition) is 2. The second-order valence-corrected chi connectivity index (χ2v) is 5.20. The molecule has 0 heterocycles. The van der Waals surface area contributed by atoms with E-state index < -0.39 is 0 Å². The van der Waals surface area contributed by atoms with Crippen molar-refractivity contribution in [1.82, 2.24) is 15.5 Å². The zero-order valence-electron chi connectivity index (χ0n) is 13.0. The van der Waals surface area contributed by atoms with Crippen molar-refractivity contribution in [2.75, 3.05) is 26.7 Å². The molecule has 1 saturated carbocycles. The molecule has 1 aromatic carbocycles. The fourth-order valence-corrected chi connectivity index (χ4v) is 2.36. The topological polar surface area (TPSA) is 39.7 Å². The summed E-state index contributed by atoms with van der Waals surface area (Å²) in [5.74, 6) is 0.876. The molecule has 5 heteroatoms. The average molecular weight is 402 g/mol. The molecule has 1 aromatic rings. The van der Waals surface area contributed by atoms with Crippen LogP contribution in [0.1, 0.15) is 25.3 Å². The molecule has 2 rings (SSSR count). The summed E-state index contributed by atoms with van der Waals surface area (Å²) in [4.78, 5) is 6.80. The van der Waals surface area contributed by atoms with Gasteiger partial charge in [-0.25, -0.2) is 0 Å². The SMILES string of the molecule is CCN(CCNC(=NC)NCc1ccccc1)C1CC1.I. The van der Waals surface area contributed by atoms with E-state index in [0.29, 0.717) is 0 Å². The van der Waals surface area contributed by atoms with Crippen LogP contribution in [0.5, 0.6) is 0 Å². The minimum absolute atomic E-state index is 0. The van der Waals surface area contributed by atoms with E-state index in [4.69, 9.17) is 0 Å². The number of aliphatic imine (C=N–C) groups is 1. The third-order valence-corrected chi connectivity index (χ3v) is 3.69. The Labute approximate surface area is 145 Å². The lowest BCUT2D eigenvalue weighted by molar-refractivity contribution is 0.282. The van der Waals surface area contributed by atoms with E-state index in [0.717, 1.165) is 38.2 Å². The molecular weight excluding hydrogens is 375 g/mol. The predicted molar refractivity (Wildman–Crippen MR) is 100 cm³/mol. The normalized spacial score (nSPS) is 14.7. The van der Waals surface area contributed by atoms with Crippen LogP contribution in [0, 0.1) is 0 Å². The quantitative estimate of drug-likeness (QED) is 0.418. The number of hydrogen-bond donors (Lipinski definition) is 2. The molecule has 0 saturated heterocycles. The summed E-state index contributed by atoms with van der Waals surface area (Å²) < 4.78 is 0. The molecule has 1 aliphatic rings. The van der Waals surface area contributed by atoms with Crippen molar-refractivity contribution >= 4 is 29.9 Å². The zero-order chi connectivity index (χ0) is 14.2. The fraction of sp³-hybridized carbons (Fsp3) is 0.562. The maximum absolute atomic E-state index is 4.26. The second kappa shape index (κ2) is 10.00. The predicted octanol–water partition coefficient (Wildman–Crippen LogP) is 2.45. The Morgan fingerprint density at radius 1 is 1.24 bits per heavy atom. The van der Waals surface area contributed by atoms with Crippen LogP contribution in [0.3, 0.4) is 0 Å². The van der Waals surface area contributed by atoms with Crippen LogP contribution >= 0.6 is 24.0 Å². The Bertz CT molecular complexity index is 418. The molecule has 21 heavy (non-hydrogen) atoms. The van der Waals surface area contributed by atoms with Gasteiger partial charge >= 0.3 is 0 Å². The van der Waals surface area contributed by atoms with Crippen molar-refractivity contribution in [3.63, 3.8) is 0 Å². The number of nitrogens with one attached hydrogen (secondary N) is 2. The summed E-state index contributed by atoms with van der Waals surface area (Å²) >= 11 is 0. The highest BCUT2D eigenvalue weighted by Gasteiger charge is 2.27. The molecule has 1 aliphatic carbocycles. The maximum Gasteiger partial charge on any atom is 0.191 e. The van der Waals surface area contributed by atoms with E-state index in [1.807, 2.05) is 13.1 Å². The van der Waals surface area contributed by atoms with Gasteiger partial charge in [-0.3, -0.25) is 9.89 Å². The van der Waals surface area contributed by atoms with Gasteiger partial charge in [0.1, 0.15) is 0 Å². The van der Waals surface area contributed by atoms with Crippen LogP contribution in [0.25, 0.3) is 0 Å². The molecule has 0 radical (unpaired) electrons. The Balaban J connectivity index is 0.00000220. The highest BCUT2D eigenvalue weighted by Crippen LogP contribution is 2.25. The van der Waals surface area contributed by atoms with Gasteiger partial charge in [-0.2, -0.15) is 0 Å². The molecule has 1 fully saturated rings. The molecule has 0 atom stereocenters. The molecule has 0 aliphatic heterocycles. The Morgan fingerprint density at radius 3 is 2.52 bits per heavy atom.